The number of aromatic amines is 1. The first-order valence-corrected chi connectivity index (χ1v) is 6.40. The Morgan fingerprint density at radius 2 is 2.11 bits per heavy atom. The number of rotatable bonds is 3. The van der Waals surface area contributed by atoms with E-state index in [9.17, 15) is 9.90 Å². The van der Waals surface area contributed by atoms with E-state index in [0.29, 0.717) is 10.7 Å². The van der Waals surface area contributed by atoms with Crippen LogP contribution in [0.2, 0.25) is 5.02 Å². The van der Waals surface area contributed by atoms with Crippen LogP contribution in [0, 0.1) is 0 Å². The third-order valence-electron chi connectivity index (χ3n) is 2.78. The quantitative estimate of drug-likeness (QED) is 0.908. The number of H-pyrrole nitrogens is 1. The van der Waals surface area contributed by atoms with Gasteiger partial charge < -0.3 is 15.0 Å². The molecule has 0 spiro atoms. The number of hydrogen-bond donors (Lipinski definition) is 2. The minimum Gasteiger partial charge on any atom is -0.389 e. The molecule has 0 bridgehead atoms. The number of aliphatic hydroxyl groups is 1. The first-order valence-electron chi connectivity index (χ1n) is 6.02. The number of amides is 1. The van der Waals surface area contributed by atoms with Gasteiger partial charge in [-0.15, -0.1) is 0 Å². The van der Waals surface area contributed by atoms with E-state index in [2.05, 4.69) is 4.98 Å². The molecule has 0 aliphatic heterocycles. The number of likely N-dealkylation sites (N-methyl/N-ethyl adjacent to an activating group) is 1. The highest BCUT2D eigenvalue weighted by Gasteiger charge is 2.21. The van der Waals surface area contributed by atoms with Crippen LogP contribution in [0.5, 0.6) is 0 Å². The number of carbonyl (C=O) groups is 1. The Bertz CT molecular complexity index is 613. The van der Waals surface area contributed by atoms with Crippen molar-refractivity contribution in [2.45, 2.75) is 19.4 Å². The van der Waals surface area contributed by atoms with Crippen LogP contribution in [-0.4, -0.2) is 40.1 Å². The average molecular weight is 281 g/mol. The van der Waals surface area contributed by atoms with Crippen molar-refractivity contribution in [1.82, 2.24) is 9.88 Å². The van der Waals surface area contributed by atoms with Crippen LogP contribution in [-0.2, 0) is 0 Å². The molecule has 1 aromatic carbocycles. The molecule has 0 saturated heterocycles. The summed E-state index contributed by atoms with van der Waals surface area (Å²) in [4.78, 5) is 16.8. The third kappa shape index (κ3) is 3.28. The van der Waals surface area contributed by atoms with E-state index in [1.807, 2.05) is 6.07 Å². The number of aromatic nitrogens is 1. The number of nitrogens with one attached hydrogen (secondary N) is 1. The zero-order valence-corrected chi connectivity index (χ0v) is 12.0. The van der Waals surface area contributed by atoms with E-state index in [1.165, 1.54) is 4.90 Å². The molecule has 0 fully saturated rings. The summed E-state index contributed by atoms with van der Waals surface area (Å²) >= 11 is 5.91. The van der Waals surface area contributed by atoms with Crippen LogP contribution >= 0.6 is 11.6 Å². The van der Waals surface area contributed by atoms with E-state index < -0.39 is 5.60 Å². The van der Waals surface area contributed by atoms with Crippen molar-refractivity contribution in [1.29, 1.82) is 0 Å². The molecular formula is C14H17ClN2O2. The molecule has 1 aromatic heterocycles. The van der Waals surface area contributed by atoms with E-state index in [1.54, 1.807) is 39.1 Å². The van der Waals surface area contributed by atoms with Gasteiger partial charge in [-0.3, -0.25) is 4.79 Å². The molecule has 0 saturated carbocycles. The number of halogens is 1. The fourth-order valence-electron chi connectivity index (χ4n) is 2.08. The van der Waals surface area contributed by atoms with Crippen LogP contribution in [0.15, 0.2) is 24.3 Å². The lowest BCUT2D eigenvalue weighted by Gasteiger charge is -2.25. The molecule has 0 atom stereocenters. The van der Waals surface area contributed by atoms with Crippen LogP contribution in [0.1, 0.15) is 24.3 Å². The Labute approximate surface area is 117 Å². The Balaban J connectivity index is 2.26. The number of hydrogen-bond acceptors (Lipinski definition) is 2. The molecule has 102 valence electrons. The Hall–Kier alpha value is -1.52. The van der Waals surface area contributed by atoms with E-state index in [0.717, 1.165) is 10.9 Å². The maximum atomic E-state index is 12.2. The standard InChI is InChI=1S/C14H17ClN2O2/c1-14(2,19)8-17(3)13(18)12-7-9-6-10(15)4-5-11(9)16-12/h4-7,16,19H,8H2,1-3H3. The SMILES string of the molecule is CN(CC(C)(C)O)C(=O)c1cc2cc(Cl)ccc2[nH]1. The lowest BCUT2D eigenvalue weighted by molar-refractivity contribution is 0.0365. The maximum absolute atomic E-state index is 12.2. The fourth-order valence-corrected chi connectivity index (χ4v) is 2.26. The normalized spacial score (nSPS) is 11.8. The molecule has 2 rings (SSSR count). The Kier molecular flexibility index (Phi) is 3.56. The van der Waals surface area contributed by atoms with Gasteiger partial charge in [0.15, 0.2) is 0 Å². The molecule has 19 heavy (non-hydrogen) atoms. The summed E-state index contributed by atoms with van der Waals surface area (Å²) in [7, 11) is 1.67. The molecular weight excluding hydrogens is 264 g/mol. The van der Waals surface area contributed by atoms with Gasteiger partial charge in [-0.25, -0.2) is 0 Å². The third-order valence-corrected chi connectivity index (χ3v) is 3.02. The molecule has 0 aliphatic carbocycles. The monoisotopic (exact) mass is 280 g/mol. The highest BCUT2D eigenvalue weighted by atomic mass is 35.5. The summed E-state index contributed by atoms with van der Waals surface area (Å²) in [6, 6.07) is 7.18. The van der Waals surface area contributed by atoms with Gasteiger partial charge in [0, 0.05) is 29.5 Å². The van der Waals surface area contributed by atoms with Gasteiger partial charge in [0.1, 0.15) is 5.69 Å². The topological polar surface area (TPSA) is 56.3 Å². The van der Waals surface area contributed by atoms with Crippen molar-refractivity contribution in [2.75, 3.05) is 13.6 Å². The highest BCUT2D eigenvalue weighted by molar-refractivity contribution is 6.31. The molecule has 1 amide bonds. The van der Waals surface area contributed by atoms with Crippen molar-refractivity contribution in [2.24, 2.45) is 0 Å². The molecule has 2 aromatic rings. The van der Waals surface area contributed by atoms with Gasteiger partial charge >= 0.3 is 0 Å². The van der Waals surface area contributed by atoms with Crippen molar-refractivity contribution in [3.63, 3.8) is 0 Å². The first-order chi connectivity index (χ1) is 8.76. The van der Waals surface area contributed by atoms with E-state index >= 15 is 0 Å². The Morgan fingerprint density at radius 3 is 2.74 bits per heavy atom. The van der Waals surface area contributed by atoms with Crippen LogP contribution in [0.25, 0.3) is 10.9 Å². The lowest BCUT2D eigenvalue weighted by atomic mass is 10.1. The summed E-state index contributed by atoms with van der Waals surface area (Å²) in [6.45, 7) is 3.60. The molecule has 0 aliphatic rings. The minimum absolute atomic E-state index is 0.158. The minimum atomic E-state index is -0.917. The second kappa shape index (κ2) is 4.87. The molecule has 0 radical (unpaired) electrons. The second-order valence-electron chi connectivity index (χ2n) is 5.39. The van der Waals surface area contributed by atoms with Gasteiger partial charge in [-0.2, -0.15) is 0 Å². The molecule has 1 heterocycles. The van der Waals surface area contributed by atoms with E-state index in [4.69, 9.17) is 11.6 Å². The van der Waals surface area contributed by atoms with Crippen molar-refractivity contribution in [3.05, 3.63) is 35.0 Å². The van der Waals surface area contributed by atoms with Crippen LogP contribution in [0.3, 0.4) is 0 Å². The average Bonchev–Trinajstić information content (AvgIpc) is 2.68. The van der Waals surface area contributed by atoms with Crippen LogP contribution < -0.4 is 0 Å². The Morgan fingerprint density at radius 1 is 1.42 bits per heavy atom. The first kappa shape index (κ1) is 13.9. The number of benzene rings is 1. The number of fused-ring (bicyclic) bond motifs is 1. The van der Waals surface area contributed by atoms with Gasteiger partial charge in [0.2, 0.25) is 0 Å². The van der Waals surface area contributed by atoms with Gasteiger partial charge in [-0.05, 0) is 38.1 Å². The van der Waals surface area contributed by atoms with Gasteiger partial charge in [-0.1, -0.05) is 11.6 Å². The zero-order valence-electron chi connectivity index (χ0n) is 11.2. The number of nitrogens with zero attached hydrogens (tertiary/aromatic N) is 1. The highest BCUT2D eigenvalue weighted by Crippen LogP contribution is 2.21. The van der Waals surface area contributed by atoms with Crippen molar-refractivity contribution >= 4 is 28.4 Å². The maximum Gasteiger partial charge on any atom is 0.270 e. The van der Waals surface area contributed by atoms with Crippen LogP contribution in [0.4, 0.5) is 0 Å². The second-order valence-corrected chi connectivity index (χ2v) is 5.82. The summed E-state index contributed by atoms with van der Waals surface area (Å²) in [5, 5.41) is 11.3. The summed E-state index contributed by atoms with van der Waals surface area (Å²) < 4.78 is 0. The van der Waals surface area contributed by atoms with E-state index in [-0.39, 0.29) is 12.5 Å². The van der Waals surface area contributed by atoms with Crippen molar-refractivity contribution in [3.8, 4) is 0 Å². The number of carbonyl (C=O) groups excluding carboxylic acids is 1. The predicted octanol–water partition coefficient (Wildman–Crippen LogP) is 2.66. The summed E-state index contributed by atoms with van der Waals surface area (Å²) in [6.07, 6.45) is 0. The molecule has 5 heteroatoms. The van der Waals surface area contributed by atoms with Gasteiger partial charge in [0.25, 0.3) is 5.91 Å². The molecule has 0 unspecified atom stereocenters. The predicted molar refractivity (Wildman–Crippen MR) is 76.6 cm³/mol. The summed E-state index contributed by atoms with van der Waals surface area (Å²) in [5.74, 6) is -0.158. The van der Waals surface area contributed by atoms with Gasteiger partial charge in [0.05, 0.1) is 5.60 Å². The molecule has 4 nitrogen and oxygen atoms in total. The van der Waals surface area contributed by atoms with Crippen molar-refractivity contribution < 1.29 is 9.90 Å². The molecule has 2 N–H and O–H groups in total. The summed E-state index contributed by atoms with van der Waals surface area (Å²) in [5.41, 5.74) is 0.438. The fraction of sp³-hybridized carbons (Fsp3) is 0.357. The largest absolute Gasteiger partial charge is 0.389 e. The lowest BCUT2D eigenvalue weighted by Crippen LogP contribution is -2.39. The smallest absolute Gasteiger partial charge is 0.270 e. The zero-order chi connectivity index (χ0) is 14.2.